The highest BCUT2D eigenvalue weighted by Crippen LogP contribution is 2.43. The van der Waals surface area contributed by atoms with E-state index < -0.39 is 0 Å². The van der Waals surface area contributed by atoms with Gasteiger partial charge >= 0.3 is 0 Å². The lowest BCUT2D eigenvalue weighted by atomic mass is 10.4. The lowest BCUT2D eigenvalue weighted by molar-refractivity contribution is 0.694. The van der Waals surface area contributed by atoms with Gasteiger partial charge in [0.15, 0.2) is 5.15 Å². The second-order valence-corrected chi connectivity index (χ2v) is 4.28. The molecule has 2 heterocycles. The fraction of sp³-hybridized carbons (Fsp3) is 0.556. The van der Waals surface area contributed by atoms with Crippen LogP contribution in [0.1, 0.15) is 0 Å². The van der Waals surface area contributed by atoms with Crippen LogP contribution in [0.4, 0.5) is 5.82 Å². The summed E-state index contributed by atoms with van der Waals surface area (Å²) in [6, 6.07) is 4.22. The van der Waals surface area contributed by atoms with E-state index in [0.29, 0.717) is 11.2 Å². The van der Waals surface area contributed by atoms with Gasteiger partial charge in [0.05, 0.1) is 0 Å². The molecular formula is C9H11ClN4. The molecule has 4 nitrogen and oxygen atoms in total. The number of anilines is 1. The molecule has 0 aromatic carbocycles. The van der Waals surface area contributed by atoms with Gasteiger partial charge in [0.1, 0.15) is 5.82 Å². The molecule has 1 unspecified atom stereocenters. The quantitative estimate of drug-likeness (QED) is 0.757. The highest BCUT2D eigenvalue weighted by molar-refractivity contribution is 6.29. The number of rotatable bonds is 2. The Bertz CT molecular complexity index is 329. The summed E-state index contributed by atoms with van der Waals surface area (Å²) in [6.07, 6.45) is 0. The number of piperidine rings is 1. The summed E-state index contributed by atoms with van der Waals surface area (Å²) in [4.78, 5) is 0. The third kappa shape index (κ3) is 1.35. The van der Waals surface area contributed by atoms with Gasteiger partial charge in [-0.2, -0.15) is 0 Å². The molecule has 1 aromatic heterocycles. The molecule has 1 aliphatic heterocycles. The van der Waals surface area contributed by atoms with E-state index in [1.807, 2.05) is 6.07 Å². The van der Waals surface area contributed by atoms with Crippen LogP contribution in [0.15, 0.2) is 12.1 Å². The van der Waals surface area contributed by atoms with E-state index in [9.17, 15) is 0 Å². The zero-order chi connectivity index (χ0) is 9.54. The minimum Gasteiger partial charge on any atom is -0.365 e. The fourth-order valence-electron chi connectivity index (χ4n) is 2.20. The second-order valence-electron chi connectivity index (χ2n) is 3.90. The van der Waals surface area contributed by atoms with Gasteiger partial charge < -0.3 is 10.6 Å². The zero-order valence-corrected chi connectivity index (χ0v) is 8.33. The Balaban J connectivity index is 1.65. The maximum Gasteiger partial charge on any atom is 0.151 e. The number of hydrogen-bond donors (Lipinski definition) is 2. The fourth-order valence-corrected chi connectivity index (χ4v) is 2.30. The monoisotopic (exact) mass is 210 g/mol. The molecule has 1 saturated carbocycles. The van der Waals surface area contributed by atoms with E-state index in [0.717, 1.165) is 30.7 Å². The molecule has 0 amide bonds. The number of nitrogens with zero attached hydrogens (tertiary/aromatic N) is 2. The summed E-state index contributed by atoms with van der Waals surface area (Å²) in [6.45, 7) is 2.26. The van der Waals surface area contributed by atoms with E-state index in [2.05, 4.69) is 20.8 Å². The van der Waals surface area contributed by atoms with Crippen LogP contribution < -0.4 is 10.6 Å². The predicted octanol–water partition coefficient (Wildman–Crippen LogP) is 0.760. The van der Waals surface area contributed by atoms with E-state index in [1.165, 1.54) is 0 Å². The van der Waals surface area contributed by atoms with E-state index in [4.69, 9.17) is 11.6 Å². The van der Waals surface area contributed by atoms with Crippen LogP contribution >= 0.6 is 11.6 Å². The molecule has 5 heteroatoms. The van der Waals surface area contributed by atoms with Gasteiger partial charge in [0, 0.05) is 19.1 Å². The average molecular weight is 211 g/mol. The third-order valence-corrected chi connectivity index (χ3v) is 3.24. The molecule has 3 rings (SSSR count). The molecule has 1 aromatic rings. The molecule has 1 aliphatic carbocycles. The Morgan fingerprint density at radius 2 is 2.07 bits per heavy atom. The first-order valence-corrected chi connectivity index (χ1v) is 5.19. The van der Waals surface area contributed by atoms with Crippen molar-refractivity contribution in [3.8, 4) is 0 Å². The molecule has 0 radical (unpaired) electrons. The van der Waals surface area contributed by atoms with E-state index >= 15 is 0 Å². The molecule has 2 N–H and O–H groups in total. The number of halogens is 1. The van der Waals surface area contributed by atoms with Crippen LogP contribution in [-0.2, 0) is 0 Å². The largest absolute Gasteiger partial charge is 0.365 e. The first-order chi connectivity index (χ1) is 6.84. The first kappa shape index (κ1) is 8.44. The maximum absolute atomic E-state index is 5.65. The minimum atomic E-state index is 0.438. The number of hydrogen-bond acceptors (Lipinski definition) is 4. The topological polar surface area (TPSA) is 49.8 Å². The maximum atomic E-state index is 5.65. The number of nitrogens with one attached hydrogen (secondary N) is 2. The molecule has 2 aliphatic rings. The van der Waals surface area contributed by atoms with Crippen molar-refractivity contribution in [1.82, 2.24) is 15.5 Å². The standard InChI is InChI=1S/C9H11ClN4/c10-7-1-2-8(14-13-7)12-9-5-3-11-4-6(5)9/h1-2,5-6,9,11H,3-4H2,(H,12,14)/t5-,6+,9?. The van der Waals surface area contributed by atoms with Crippen molar-refractivity contribution in [3.05, 3.63) is 17.3 Å². The summed E-state index contributed by atoms with van der Waals surface area (Å²) < 4.78 is 0. The summed E-state index contributed by atoms with van der Waals surface area (Å²) in [7, 11) is 0. The molecule has 0 spiro atoms. The van der Waals surface area contributed by atoms with Crippen molar-refractivity contribution in [3.63, 3.8) is 0 Å². The lowest BCUT2D eigenvalue weighted by Gasteiger charge is -2.06. The number of fused-ring (bicyclic) bond motifs is 1. The molecule has 0 bridgehead atoms. The Morgan fingerprint density at radius 3 is 2.71 bits per heavy atom. The van der Waals surface area contributed by atoms with Crippen molar-refractivity contribution in [2.75, 3.05) is 18.4 Å². The summed E-state index contributed by atoms with van der Waals surface area (Å²) in [5, 5.41) is 14.9. The second kappa shape index (κ2) is 3.07. The molecular weight excluding hydrogens is 200 g/mol. The third-order valence-electron chi connectivity index (χ3n) is 3.04. The SMILES string of the molecule is Clc1ccc(NC2[C@H]3CNC[C@@H]23)nn1. The summed E-state index contributed by atoms with van der Waals surface area (Å²) in [5.74, 6) is 2.40. The van der Waals surface area contributed by atoms with Crippen LogP contribution in [0, 0.1) is 11.8 Å². The van der Waals surface area contributed by atoms with Crippen LogP contribution in [-0.4, -0.2) is 29.3 Å². The molecule has 74 valence electrons. The molecule has 1 saturated heterocycles. The van der Waals surface area contributed by atoms with Gasteiger partial charge in [-0.1, -0.05) is 11.6 Å². The van der Waals surface area contributed by atoms with Gasteiger partial charge in [0.2, 0.25) is 0 Å². The van der Waals surface area contributed by atoms with Gasteiger partial charge in [-0.15, -0.1) is 10.2 Å². The summed E-state index contributed by atoms with van der Waals surface area (Å²) >= 11 is 5.65. The molecule has 14 heavy (non-hydrogen) atoms. The van der Waals surface area contributed by atoms with Gasteiger partial charge in [0.25, 0.3) is 0 Å². The minimum absolute atomic E-state index is 0.438. The van der Waals surface area contributed by atoms with Crippen LogP contribution in [0.5, 0.6) is 0 Å². The lowest BCUT2D eigenvalue weighted by Crippen LogP contribution is -2.21. The number of aromatic nitrogens is 2. The smallest absolute Gasteiger partial charge is 0.151 e. The Labute approximate surface area is 87.1 Å². The van der Waals surface area contributed by atoms with Crippen molar-refractivity contribution in [2.45, 2.75) is 6.04 Å². The van der Waals surface area contributed by atoms with Crippen LogP contribution in [0.25, 0.3) is 0 Å². The van der Waals surface area contributed by atoms with Gasteiger partial charge in [-0.05, 0) is 24.0 Å². The molecule has 3 atom stereocenters. The van der Waals surface area contributed by atoms with Gasteiger partial charge in [-0.3, -0.25) is 0 Å². The van der Waals surface area contributed by atoms with Crippen LogP contribution in [0.3, 0.4) is 0 Å². The Morgan fingerprint density at radius 1 is 1.29 bits per heavy atom. The van der Waals surface area contributed by atoms with E-state index in [1.54, 1.807) is 6.07 Å². The normalized spacial score (nSPS) is 33.9. The zero-order valence-electron chi connectivity index (χ0n) is 7.57. The average Bonchev–Trinajstić information content (AvgIpc) is 2.63. The first-order valence-electron chi connectivity index (χ1n) is 4.81. The summed E-state index contributed by atoms with van der Waals surface area (Å²) in [5.41, 5.74) is 0. The highest BCUT2D eigenvalue weighted by Gasteiger charge is 2.53. The highest BCUT2D eigenvalue weighted by atomic mass is 35.5. The van der Waals surface area contributed by atoms with Crippen LogP contribution in [0.2, 0.25) is 5.15 Å². The van der Waals surface area contributed by atoms with E-state index in [-0.39, 0.29) is 0 Å². The van der Waals surface area contributed by atoms with Crippen molar-refractivity contribution in [1.29, 1.82) is 0 Å². The van der Waals surface area contributed by atoms with Gasteiger partial charge in [-0.25, -0.2) is 0 Å². The predicted molar refractivity (Wildman–Crippen MR) is 54.3 cm³/mol. The Hall–Kier alpha value is -0.870. The van der Waals surface area contributed by atoms with Crippen molar-refractivity contribution >= 4 is 17.4 Å². The molecule has 2 fully saturated rings. The van der Waals surface area contributed by atoms with Crippen molar-refractivity contribution in [2.24, 2.45) is 11.8 Å². The van der Waals surface area contributed by atoms with Crippen molar-refractivity contribution < 1.29 is 0 Å². The Kier molecular flexibility index (Phi) is 1.85.